The van der Waals surface area contributed by atoms with Crippen molar-refractivity contribution in [3.63, 3.8) is 0 Å². The first kappa shape index (κ1) is 11.1. The highest BCUT2D eigenvalue weighted by Gasteiger charge is 2.35. The molecule has 3 rings (SSSR count). The van der Waals surface area contributed by atoms with Gasteiger partial charge in [-0.05, 0) is 37.1 Å². The van der Waals surface area contributed by atoms with Crippen molar-refractivity contribution in [2.45, 2.75) is 17.9 Å². The Bertz CT molecular complexity index is 1320. The Hall–Kier alpha value is -2.65. The van der Waals surface area contributed by atoms with Crippen molar-refractivity contribution in [2.75, 3.05) is 0 Å². The Morgan fingerprint density at radius 2 is 1.77 bits per heavy atom. The van der Waals surface area contributed by atoms with E-state index in [-0.39, 0.29) is 16.8 Å². The van der Waals surface area contributed by atoms with Gasteiger partial charge in [-0.3, -0.25) is 0 Å². The largest absolute Gasteiger partial charge is 0.435 e. The van der Waals surface area contributed by atoms with E-state index in [1.165, 1.54) is 12.1 Å². The predicted octanol–water partition coefficient (Wildman–Crippen LogP) is 3.51. The van der Waals surface area contributed by atoms with Crippen LogP contribution in [0.3, 0.4) is 0 Å². The minimum absolute atomic E-state index is 0.0263. The van der Waals surface area contributed by atoms with Crippen LogP contribution in [0.5, 0.6) is 0 Å². The van der Waals surface area contributed by atoms with Gasteiger partial charge in [-0.25, -0.2) is 18.2 Å². The molecule has 0 fully saturated rings. The molecule has 2 N–H and O–H groups in total. The molecule has 5 nitrogen and oxygen atoms in total. The second-order valence-corrected chi connectivity index (χ2v) is 6.62. The van der Waals surface area contributed by atoms with Crippen LogP contribution in [0.1, 0.15) is 20.9 Å². The van der Waals surface area contributed by atoms with Gasteiger partial charge >= 0.3 is 6.18 Å². The monoisotopic (exact) mass is 388 g/mol. The Kier molecular flexibility index (Phi) is 2.68. The zero-order valence-electron chi connectivity index (χ0n) is 19.7. The lowest BCUT2D eigenvalue weighted by molar-refractivity contribution is -0.141. The van der Waals surface area contributed by atoms with Gasteiger partial charge in [0.05, 0.1) is 21.8 Å². The summed E-state index contributed by atoms with van der Waals surface area (Å²) in [5.74, 6) is 0. The normalized spacial score (nSPS) is 16.7. The number of sulfonamides is 1. The Morgan fingerprint density at radius 1 is 1.15 bits per heavy atom. The number of aromatic nitrogens is 2. The standard InChI is InChI=1S/C17H14F3N3O2S/c1-11-2-4-12(5-3-11)15-10-16(17(18,19)20)22-23(15)13-6-8-14(9-7-13)26(21,24)25/h2-10H,1H3,(H2,21,24,25)/i1D3,6D,7D,8D,9D. The van der Waals surface area contributed by atoms with Crippen molar-refractivity contribution >= 4 is 10.0 Å². The fraction of sp³-hybridized carbons (Fsp3) is 0.118. The van der Waals surface area contributed by atoms with E-state index >= 15 is 0 Å². The van der Waals surface area contributed by atoms with Crippen LogP contribution < -0.4 is 5.14 Å². The first-order chi connectivity index (χ1) is 14.9. The van der Waals surface area contributed by atoms with Gasteiger partial charge < -0.3 is 0 Å². The number of primary sulfonamides is 1. The molecule has 0 aliphatic heterocycles. The number of aryl methyl sites for hydroxylation is 1. The number of hydrogen-bond acceptors (Lipinski definition) is 3. The van der Waals surface area contributed by atoms with Crippen molar-refractivity contribution in [1.29, 1.82) is 0 Å². The zero-order chi connectivity index (χ0) is 25.1. The average molecular weight is 388 g/mol. The van der Waals surface area contributed by atoms with E-state index < -0.39 is 63.5 Å². The molecule has 26 heavy (non-hydrogen) atoms. The fourth-order valence-electron chi connectivity index (χ4n) is 2.08. The lowest BCUT2D eigenvalue weighted by Crippen LogP contribution is -2.12. The number of nitrogens with zero attached hydrogens (tertiary/aromatic N) is 2. The number of rotatable bonds is 3. The van der Waals surface area contributed by atoms with Crippen molar-refractivity contribution in [1.82, 2.24) is 9.78 Å². The van der Waals surface area contributed by atoms with Crippen molar-refractivity contribution < 1.29 is 31.2 Å². The minimum Gasteiger partial charge on any atom is -0.233 e. The second-order valence-electron chi connectivity index (χ2n) is 5.12. The van der Waals surface area contributed by atoms with E-state index in [1.54, 1.807) is 0 Å². The van der Waals surface area contributed by atoms with Gasteiger partial charge in [0.1, 0.15) is 0 Å². The van der Waals surface area contributed by atoms with Crippen LogP contribution in [0.15, 0.2) is 59.4 Å². The van der Waals surface area contributed by atoms with E-state index in [9.17, 15) is 21.6 Å². The van der Waals surface area contributed by atoms with Gasteiger partial charge in [0.15, 0.2) is 5.69 Å². The summed E-state index contributed by atoms with van der Waals surface area (Å²) < 4.78 is 118. The molecular weight excluding hydrogens is 367 g/mol. The summed E-state index contributed by atoms with van der Waals surface area (Å²) in [4.78, 5) is -1.12. The molecule has 2 aromatic carbocycles. The first-order valence-electron chi connectivity index (χ1n) is 10.4. The topological polar surface area (TPSA) is 78.0 Å². The summed E-state index contributed by atoms with van der Waals surface area (Å²) >= 11 is 0. The summed E-state index contributed by atoms with van der Waals surface area (Å²) in [5, 5.41) is 8.35. The molecule has 1 heterocycles. The molecule has 0 amide bonds. The van der Waals surface area contributed by atoms with E-state index in [0.717, 1.165) is 12.1 Å². The molecule has 1 aromatic heterocycles. The van der Waals surface area contributed by atoms with E-state index in [0.29, 0.717) is 10.7 Å². The van der Waals surface area contributed by atoms with Gasteiger partial charge in [-0.1, -0.05) is 29.8 Å². The highest BCUT2D eigenvalue weighted by atomic mass is 32.2. The number of nitrogens with two attached hydrogens (primary N) is 1. The van der Waals surface area contributed by atoms with Crippen LogP contribution in [0.25, 0.3) is 16.9 Å². The molecule has 136 valence electrons. The third-order valence-electron chi connectivity index (χ3n) is 3.27. The highest BCUT2D eigenvalue weighted by Crippen LogP contribution is 2.33. The summed E-state index contributed by atoms with van der Waals surface area (Å²) in [5.41, 5.74) is -2.57. The SMILES string of the molecule is [2H]c1c([2H])c(S(N)(=O)=O)c([2H])c([2H])c1-n1nc(C(F)(F)F)cc1-c1ccc(C([2H])([2H])[2H])cc1. The molecule has 0 aliphatic rings. The number of alkyl halides is 3. The fourth-order valence-corrected chi connectivity index (χ4v) is 2.47. The van der Waals surface area contributed by atoms with Crippen LogP contribution in [0.2, 0.25) is 0 Å². The molecule has 0 atom stereocenters. The third-order valence-corrected chi connectivity index (χ3v) is 4.04. The average Bonchev–Trinajstić information content (AvgIpc) is 3.10. The Labute approximate surface area is 157 Å². The predicted molar refractivity (Wildman–Crippen MR) is 90.1 cm³/mol. The molecule has 0 saturated heterocycles. The van der Waals surface area contributed by atoms with Crippen molar-refractivity contribution in [2.24, 2.45) is 5.14 Å². The van der Waals surface area contributed by atoms with Crippen LogP contribution in [-0.2, 0) is 16.2 Å². The number of benzene rings is 2. The summed E-state index contributed by atoms with van der Waals surface area (Å²) in [7, 11) is -4.69. The minimum atomic E-state index is -4.95. The van der Waals surface area contributed by atoms with Crippen LogP contribution in [-0.4, -0.2) is 18.2 Å². The molecular formula is C17H14F3N3O2S. The second kappa shape index (κ2) is 6.26. The van der Waals surface area contributed by atoms with Gasteiger partial charge in [-0.15, -0.1) is 0 Å². The number of hydrogen-bond donors (Lipinski definition) is 1. The Balaban J connectivity index is 2.36. The number of halogens is 3. The molecule has 0 unspecified atom stereocenters. The molecule has 0 aliphatic carbocycles. The molecule has 0 radical (unpaired) electrons. The van der Waals surface area contributed by atoms with E-state index in [2.05, 4.69) is 5.10 Å². The molecule has 9 heteroatoms. The summed E-state index contributed by atoms with van der Waals surface area (Å²) in [6.07, 6.45) is -4.95. The third kappa shape index (κ3) is 3.63. The lowest BCUT2D eigenvalue weighted by Gasteiger charge is -2.09. The van der Waals surface area contributed by atoms with E-state index in [1.807, 2.05) is 0 Å². The van der Waals surface area contributed by atoms with Crippen molar-refractivity contribution in [3.05, 3.63) is 65.8 Å². The van der Waals surface area contributed by atoms with Crippen molar-refractivity contribution in [3.8, 4) is 16.9 Å². The smallest absolute Gasteiger partial charge is 0.233 e. The Morgan fingerprint density at radius 3 is 2.27 bits per heavy atom. The van der Waals surface area contributed by atoms with Gasteiger partial charge in [0.2, 0.25) is 10.0 Å². The lowest BCUT2D eigenvalue weighted by atomic mass is 10.1. The zero-order valence-corrected chi connectivity index (χ0v) is 13.5. The first-order valence-corrected chi connectivity index (χ1v) is 8.41. The van der Waals surface area contributed by atoms with Gasteiger partial charge in [0.25, 0.3) is 0 Å². The maximum absolute atomic E-state index is 13.4. The van der Waals surface area contributed by atoms with Gasteiger partial charge in [-0.2, -0.15) is 18.3 Å². The summed E-state index contributed by atoms with van der Waals surface area (Å²) in [6, 6.07) is 1.16. The van der Waals surface area contributed by atoms with E-state index in [4.69, 9.17) is 14.7 Å². The van der Waals surface area contributed by atoms with Crippen LogP contribution in [0, 0.1) is 6.85 Å². The molecule has 3 aromatic rings. The molecule has 0 spiro atoms. The highest BCUT2D eigenvalue weighted by molar-refractivity contribution is 7.89. The molecule has 0 bridgehead atoms. The van der Waals surface area contributed by atoms with Gasteiger partial charge in [0, 0.05) is 9.68 Å². The quantitative estimate of drug-likeness (QED) is 0.746. The van der Waals surface area contributed by atoms with Crippen LogP contribution in [0.4, 0.5) is 13.2 Å². The maximum Gasteiger partial charge on any atom is 0.435 e. The summed E-state index contributed by atoms with van der Waals surface area (Å²) in [6.45, 7) is -2.47. The van der Waals surface area contributed by atoms with Crippen LogP contribution >= 0.6 is 0 Å². The maximum atomic E-state index is 13.4. The molecule has 0 saturated carbocycles.